The van der Waals surface area contributed by atoms with E-state index in [2.05, 4.69) is 20.9 Å². The molecule has 0 saturated carbocycles. The van der Waals surface area contributed by atoms with Crippen LogP contribution in [-0.4, -0.2) is 10.9 Å². The van der Waals surface area contributed by atoms with Crippen molar-refractivity contribution in [1.29, 1.82) is 0 Å². The Labute approximate surface area is 85.2 Å². The first-order valence-electron chi connectivity index (χ1n) is 3.37. The number of aromatic nitrogens is 1. The summed E-state index contributed by atoms with van der Waals surface area (Å²) in [5.41, 5.74) is 3.54. The molecule has 76 valence electrons. The number of carbonyl (C=O) groups excluding carboxylic acids is 1. The number of hydrogen-bond acceptors (Lipinski definition) is 2. The first-order valence-corrected chi connectivity index (χ1v) is 4.16. The molecule has 0 unspecified atom stereocenters. The van der Waals surface area contributed by atoms with Gasteiger partial charge in [0.1, 0.15) is 4.60 Å². The molecule has 0 fully saturated rings. The van der Waals surface area contributed by atoms with Crippen LogP contribution in [0, 0.1) is 5.95 Å². The predicted octanol–water partition coefficient (Wildman–Crippen LogP) is 2.02. The number of nitrogens with zero attached hydrogens (tertiary/aromatic N) is 1. The second kappa shape index (κ2) is 3.95. The number of hydrogen-bond donors (Lipinski definition) is 1. The van der Waals surface area contributed by atoms with E-state index in [0.29, 0.717) is 6.07 Å². The number of carbonyl (C=O) groups is 1. The molecule has 0 aliphatic rings. The van der Waals surface area contributed by atoms with Crippen molar-refractivity contribution >= 4 is 21.8 Å². The van der Waals surface area contributed by atoms with Crippen LogP contribution in [0.2, 0.25) is 0 Å². The zero-order valence-electron chi connectivity index (χ0n) is 6.60. The second-order valence-corrected chi connectivity index (χ2v) is 3.12. The van der Waals surface area contributed by atoms with Crippen LogP contribution in [0.1, 0.15) is 22.3 Å². The molecule has 0 radical (unpaired) electrons. The van der Waals surface area contributed by atoms with Gasteiger partial charge in [0.2, 0.25) is 5.95 Å². The van der Waals surface area contributed by atoms with Gasteiger partial charge >= 0.3 is 0 Å². The number of alkyl halides is 2. The fourth-order valence-electron chi connectivity index (χ4n) is 0.811. The molecule has 1 rings (SSSR count). The Balaban J connectivity index is 3.34. The lowest BCUT2D eigenvalue weighted by Gasteiger charge is -2.04. The molecular weight excluding hydrogens is 265 g/mol. The van der Waals surface area contributed by atoms with Crippen molar-refractivity contribution in [1.82, 2.24) is 4.98 Å². The standard InChI is InChI=1S/C7H4BrF3N2O/c8-4-2(5(9)10)1-3(7(12)14)6(11)13-4/h1,5H,(H2,12,14). The third-order valence-corrected chi connectivity index (χ3v) is 2.09. The van der Waals surface area contributed by atoms with Gasteiger partial charge in [-0.05, 0) is 22.0 Å². The summed E-state index contributed by atoms with van der Waals surface area (Å²) in [6.07, 6.45) is -2.85. The topological polar surface area (TPSA) is 56.0 Å². The monoisotopic (exact) mass is 268 g/mol. The molecule has 0 bridgehead atoms. The van der Waals surface area contributed by atoms with Crippen molar-refractivity contribution in [2.75, 3.05) is 0 Å². The highest BCUT2D eigenvalue weighted by Crippen LogP contribution is 2.27. The number of nitrogens with two attached hydrogens (primary N) is 1. The molecule has 0 atom stereocenters. The van der Waals surface area contributed by atoms with Crippen LogP contribution < -0.4 is 5.73 Å². The average Bonchev–Trinajstić information content (AvgIpc) is 2.02. The maximum atomic E-state index is 12.9. The van der Waals surface area contributed by atoms with E-state index >= 15 is 0 Å². The molecule has 1 amide bonds. The van der Waals surface area contributed by atoms with Crippen molar-refractivity contribution in [2.24, 2.45) is 5.73 Å². The minimum Gasteiger partial charge on any atom is -0.365 e. The van der Waals surface area contributed by atoms with Crippen molar-refractivity contribution in [3.8, 4) is 0 Å². The molecule has 1 aromatic rings. The Bertz CT molecular complexity index is 383. The minimum absolute atomic E-state index is 0.338. The van der Waals surface area contributed by atoms with Crippen molar-refractivity contribution in [2.45, 2.75) is 6.43 Å². The molecule has 0 aliphatic carbocycles. The van der Waals surface area contributed by atoms with Crippen LogP contribution in [-0.2, 0) is 0 Å². The summed E-state index contributed by atoms with van der Waals surface area (Å²) in [5, 5.41) is 0. The zero-order valence-corrected chi connectivity index (χ0v) is 8.19. The molecule has 0 aromatic carbocycles. The summed E-state index contributed by atoms with van der Waals surface area (Å²) in [7, 11) is 0. The Kier molecular flexibility index (Phi) is 3.10. The average molecular weight is 269 g/mol. The van der Waals surface area contributed by atoms with E-state index in [1.165, 1.54) is 0 Å². The first kappa shape index (κ1) is 11.0. The molecule has 1 heterocycles. The third-order valence-electron chi connectivity index (χ3n) is 1.46. The van der Waals surface area contributed by atoms with Gasteiger partial charge in [0.05, 0.1) is 11.1 Å². The van der Waals surface area contributed by atoms with Gasteiger partial charge in [-0.3, -0.25) is 4.79 Å². The molecule has 14 heavy (non-hydrogen) atoms. The van der Waals surface area contributed by atoms with E-state index in [9.17, 15) is 18.0 Å². The number of halogens is 4. The highest BCUT2D eigenvalue weighted by molar-refractivity contribution is 9.10. The lowest BCUT2D eigenvalue weighted by molar-refractivity contribution is 0.0994. The molecule has 2 N–H and O–H groups in total. The summed E-state index contributed by atoms with van der Waals surface area (Å²) in [4.78, 5) is 13.7. The van der Waals surface area contributed by atoms with E-state index in [1.54, 1.807) is 0 Å². The highest BCUT2D eigenvalue weighted by Gasteiger charge is 2.19. The predicted molar refractivity (Wildman–Crippen MR) is 45.4 cm³/mol. The SMILES string of the molecule is NC(=O)c1cc(C(F)F)c(Br)nc1F. The maximum absolute atomic E-state index is 12.9. The van der Waals surface area contributed by atoms with Gasteiger partial charge in [0.25, 0.3) is 12.3 Å². The smallest absolute Gasteiger partial charge is 0.266 e. The summed E-state index contributed by atoms with van der Waals surface area (Å²) in [6.45, 7) is 0. The molecular formula is C7H4BrF3N2O. The summed E-state index contributed by atoms with van der Waals surface area (Å²) in [5.74, 6) is -2.31. The number of rotatable bonds is 2. The lowest BCUT2D eigenvalue weighted by atomic mass is 10.2. The van der Waals surface area contributed by atoms with Gasteiger partial charge in [-0.1, -0.05) is 0 Å². The van der Waals surface area contributed by atoms with Gasteiger partial charge in [0.15, 0.2) is 0 Å². The van der Waals surface area contributed by atoms with Gasteiger partial charge in [-0.15, -0.1) is 0 Å². The maximum Gasteiger partial charge on any atom is 0.266 e. The second-order valence-electron chi connectivity index (χ2n) is 2.37. The van der Waals surface area contributed by atoms with Gasteiger partial charge in [0, 0.05) is 0 Å². The lowest BCUT2D eigenvalue weighted by Crippen LogP contribution is -2.15. The Morgan fingerprint density at radius 2 is 2.14 bits per heavy atom. The molecule has 3 nitrogen and oxygen atoms in total. The first-order chi connectivity index (χ1) is 6.43. The number of amides is 1. The van der Waals surface area contributed by atoms with Gasteiger partial charge in [-0.25, -0.2) is 13.8 Å². The van der Waals surface area contributed by atoms with Crippen LogP contribution in [0.15, 0.2) is 10.7 Å². The third kappa shape index (κ3) is 2.03. The Morgan fingerprint density at radius 3 is 2.57 bits per heavy atom. The van der Waals surface area contributed by atoms with Crippen molar-refractivity contribution in [3.63, 3.8) is 0 Å². The van der Waals surface area contributed by atoms with E-state index < -0.39 is 29.4 Å². The van der Waals surface area contributed by atoms with Crippen LogP contribution in [0.25, 0.3) is 0 Å². The molecule has 1 aromatic heterocycles. The quantitative estimate of drug-likeness (QED) is 0.835. The number of pyridine rings is 1. The highest BCUT2D eigenvalue weighted by atomic mass is 79.9. The minimum atomic E-state index is -2.85. The summed E-state index contributed by atoms with van der Waals surface area (Å²) >= 11 is 2.65. The Hall–Kier alpha value is -1.11. The van der Waals surface area contributed by atoms with Gasteiger partial charge in [-0.2, -0.15) is 4.39 Å². The summed E-state index contributed by atoms with van der Waals surface area (Å²) in [6, 6.07) is 0.680. The normalized spacial score (nSPS) is 10.6. The van der Waals surface area contributed by atoms with Crippen LogP contribution in [0.3, 0.4) is 0 Å². The molecule has 0 aliphatic heterocycles. The van der Waals surface area contributed by atoms with Crippen molar-refractivity contribution < 1.29 is 18.0 Å². The van der Waals surface area contributed by atoms with Crippen LogP contribution >= 0.6 is 15.9 Å². The van der Waals surface area contributed by atoms with E-state index in [0.717, 1.165) is 0 Å². The zero-order chi connectivity index (χ0) is 10.9. The van der Waals surface area contributed by atoms with E-state index in [-0.39, 0.29) is 4.60 Å². The van der Waals surface area contributed by atoms with Gasteiger partial charge < -0.3 is 5.73 Å². The molecule has 0 saturated heterocycles. The van der Waals surface area contributed by atoms with Crippen molar-refractivity contribution in [3.05, 3.63) is 27.7 Å². The van der Waals surface area contributed by atoms with E-state index in [4.69, 9.17) is 5.73 Å². The fourth-order valence-corrected chi connectivity index (χ4v) is 1.25. The largest absolute Gasteiger partial charge is 0.365 e. The summed E-state index contributed by atoms with van der Waals surface area (Å²) < 4.78 is 37.0. The molecule has 7 heteroatoms. The molecule has 0 spiro atoms. The fraction of sp³-hybridized carbons (Fsp3) is 0.143. The van der Waals surface area contributed by atoms with E-state index in [1.807, 2.05) is 0 Å². The van der Waals surface area contributed by atoms with Crippen LogP contribution in [0.4, 0.5) is 13.2 Å². The van der Waals surface area contributed by atoms with Crippen LogP contribution in [0.5, 0.6) is 0 Å². The Morgan fingerprint density at radius 1 is 1.57 bits per heavy atom. The number of primary amides is 1.